The molecule has 1 aromatic heterocycles. The zero-order valence-electron chi connectivity index (χ0n) is 19.0. The third-order valence-electron chi connectivity index (χ3n) is 5.67. The first kappa shape index (κ1) is 23.3. The van der Waals surface area contributed by atoms with Crippen LogP contribution in [0.3, 0.4) is 0 Å². The standard InChI is InChI=1S/C27H24F3N3O/c1-17(24-8-5-9-25(32-24)33(2)3)31-26(34)20-12-15-23-19(16-20)6-4-7-22(23)18-10-13-21(14-11-18)27(28,29)30/h4-17H,1-3H3,(H,31,34)/t17-/m1/s1. The number of nitrogens with zero attached hydrogens (tertiary/aromatic N) is 2. The van der Waals surface area contributed by atoms with E-state index >= 15 is 0 Å². The molecule has 0 saturated heterocycles. The summed E-state index contributed by atoms with van der Waals surface area (Å²) in [4.78, 5) is 19.4. The number of amides is 1. The predicted octanol–water partition coefficient (Wildman–Crippen LogP) is 6.48. The fourth-order valence-electron chi connectivity index (χ4n) is 3.80. The first-order chi connectivity index (χ1) is 16.1. The Bertz CT molecular complexity index is 1330. The molecule has 0 bridgehead atoms. The van der Waals surface area contributed by atoms with Gasteiger partial charge in [0.25, 0.3) is 5.91 Å². The maximum atomic E-state index is 12.9. The number of benzene rings is 3. The van der Waals surface area contributed by atoms with Gasteiger partial charge in [0.2, 0.25) is 0 Å². The number of carbonyl (C=O) groups is 1. The lowest BCUT2D eigenvalue weighted by atomic mass is 9.96. The Hall–Kier alpha value is -3.87. The molecule has 4 nitrogen and oxygen atoms in total. The molecule has 0 aliphatic heterocycles. The molecule has 1 heterocycles. The largest absolute Gasteiger partial charge is 0.416 e. The molecule has 4 rings (SSSR count). The Labute approximate surface area is 196 Å². The van der Waals surface area contributed by atoms with Gasteiger partial charge in [0.1, 0.15) is 5.82 Å². The Balaban J connectivity index is 1.58. The van der Waals surface area contributed by atoms with Crippen molar-refractivity contribution < 1.29 is 18.0 Å². The lowest BCUT2D eigenvalue weighted by molar-refractivity contribution is -0.137. The van der Waals surface area contributed by atoms with E-state index in [1.165, 1.54) is 12.1 Å². The average molecular weight is 464 g/mol. The van der Waals surface area contributed by atoms with Gasteiger partial charge in [-0.15, -0.1) is 0 Å². The fraction of sp³-hybridized carbons (Fsp3) is 0.185. The highest BCUT2D eigenvalue weighted by atomic mass is 19.4. The fourth-order valence-corrected chi connectivity index (χ4v) is 3.80. The van der Waals surface area contributed by atoms with Crippen LogP contribution in [-0.2, 0) is 6.18 Å². The van der Waals surface area contributed by atoms with E-state index in [-0.39, 0.29) is 11.9 Å². The Kier molecular flexibility index (Phi) is 6.28. The molecule has 34 heavy (non-hydrogen) atoms. The van der Waals surface area contributed by atoms with E-state index in [0.29, 0.717) is 11.1 Å². The first-order valence-corrected chi connectivity index (χ1v) is 10.8. The molecular formula is C27H24F3N3O. The Morgan fingerprint density at radius 2 is 1.65 bits per heavy atom. The zero-order valence-corrected chi connectivity index (χ0v) is 19.0. The summed E-state index contributed by atoms with van der Waals surface area (Å²) in [5.41, 5.74) is 2.04. The summed E-state index contributed by atoms with van der Waals surface area (Å²) >= 11 is 0. The lowest BCUT2D eigenvalue weighted by Crippen LogP contribution is -2.27. The topological polar surface area (TPSA) is 45.2 Å². The van der Waals surface area contributed by atoms with Crippen LogP contribution in [-0.4, -0.2) is 25.0 Å². The third-order valence-corrected chi connectivity index (χ3v) is 5.67. The molecule has 4 aromatic rings. The van der Waals surface area contributed by atoms with Crippen molar-refractivity contribution in [3.05, 3.63) is 95.7 Å². The van der Waals surface area contributed by atoms with Crippen molar-refractivity contribution in [1.29, 1.82) is 0 Å². The quantitative estimate of drug-likeness (QED) is 0.369. The van der Waals surface area contributed by atoms with Gasteiger partial charge in [-0.3, -0.25) is 4.79 Å². The van der Waals surface area contributed by atoms with Crippen LogP contribution in [0, 0.1) is 0 Å². The lowest BCUT2D eigenvalue weighted by Gasteiger charge is -2.17. The number of nitrogens with one attached hydrogen (secondary N) is 1. The van der Waals surface area contributed by atoms with Crippen LogP contribution in [0.25, 0.3) is 21.9 Å². The maximum absolute atomic E-state index is 12.9. The van der Waals surface area contributed by atoms with E-state index in [1.807, 2.05) is 68.4 Å². The van der Waals surface area contributed by atoms with Crippen molar-refractivity contribution in [3.63, 3.8) is 0 Å². The molecule has 0 aliphatic carbocycles. The molecule has 1 amide bonds. The van der Waals surface area contributed by atoms with Crippen molar-refractivity contribution >= 4 is 22.5 Å². The number of anilines is 1. The second-order valence-electron chi connectivity index (χ2n) is 8.33. The molecule has 0 aliphatic rings. The second-order valence-corrected chi connectivity index (χ2v) is 8.33. The zero-order chi connectivity index (χ0) is 24.5. The summed E-state index contributed by atoms with van der Waals surface area (Å²) in [6.07, 6.45) is -4.38. The normalized spacial score (nSPS) is 12.4. The summed E-state index contributed by atoms with van der Waals surface area (Å²) in [5, 5.41) is 4.66. The Morgan fingerprint density at radius 3 is 2.32 bits per heavy atom. The molecule has 7 heteroatoms. The number of halogens is 3. The van der Waals surface area contributed by atoms with Crippen molar-refractivity contribution in [2.45, 2.75) is 19.1 Å². The number of alkyl halides is 3. The van der Waals surface area contributed by atoms with Gasteiger partial charge in [0, 0.05) is 19.7 Å². The second kappa shape index (κ2) is 9.17. The molecule has 3 aromatic carbocycles. The number of carbonyl (C=O) groups excluding carboxylic acids is 1. The molecule has 174 valence electrons. The molecule has 1 atom stereocenters. The van der Waals surface area contributed by atoms with Crippen LogP contribution in [0.4, 0.5) is 19.0 Å². The third kappa shape index (κ3) is 4.88. The van der Waals surface area contributed by atoms with Crippen LogP contribution < -0.4 is 10.2 Å². The monoisotopic (exact) mass is 463 g/mol. The van der Waals surface area contributed by atoms with E-state index in [4.69, 9.17) is 0 Å². The van der Waals surface area contributed by atoms with Gasteiger partial charge in [-0.25, -0.2) is 4.98 Å². The molecule has 0 unspecified atom stereocenters. The van der Waals surface area contributed by atoms with E-state index in [2.05, 4.69) is 10.3 Å². The summed E-state index contributed by atoms with van der Waals surface area (Å²) in [6.45, 7) is 1.88. The first-order valence-electron chi connectivity index (χ1n) is 10.8. The number of hydrogen-bond acceptors (Lipinski definition) is 3. The number of aromatic nitrogens is 1. The van der Waals surface area contributed by atoms with Crippen LogP contribution in [0.1, 0.15) is 34.6 Å². The van der Waals surface area contributed by atoms with Crippen molar-refractivity contribution in [2.24, 2.45) is 0 Å². The van der Waals surface area contributed by atoms with E-state index in [9.17, 15) is 18.0 Å². The average Bonchev–Trinajstić information content (AvgIpc) is 2.82. The molecule has 0 saturated carbocycles. The van der Waals surface area contributed by atoms with Crippen molar-refractivity contribution in [2.75, 3.05) is 19.0 Å². The number of hydrogen-bond donors (Lipinski definition) is 1. The smallest absolute Gasteiger partial charge is 0.363 e. The molecule has 0 radical (unpaired) electrons. The van der Waals surface area contributed by atoms with Gasteiger partial charge in [-0.2, -0.15) is 13.2 Å². The minimum Gasteiger partial charge on any atom is -0.363 e. The molecular weight excluding hydrogens is 439 g/mol. The minimum atomic E-state index is -4.38. The highest BCUT2D eigenvalue weighted by Crippen LogP contribution is 2.33. The van der Waals surface area contributed by atoms with Crippen LogP contribution in [0.2, 0.25) is 0 Å². The van der Waals surface area contributed by atoms with Gasteiger partial charge in [0.05, 0.1) is 17.3 Å². The van der Waals surface area contributed by atoms with Crippen LogP contribution in [0.5, 0.6) is 0 Å². The maximum Gasteiger partial charge on any atom is 0.416 e. The van der Waals surface area contributed by atoms with Crippen molar-refractivity contribution in [1.82, 2.24) is 10.3 Å². The highest BCUT2D eigenvalue weighted by molar-refractivity contribution is 6.02. The highest BCUT2D eigenvalue weighted by Gasteiger charge is 2.30. The summed E-state index contributed by atoms with van der Waals surface area (Å²) < 4.78 is 38.7. The molecule has 0 fully saturated rings. The predicted molar refractivity (Wildman–Crippen MR) is 129 cm³/mol. The van der Waals surface area contributed by atoms with E-state index in [0.717, 1.165) is 40.0 Å². The number of fused-ring (bicyclic) bond motifs is 1. The SMILES string of the molecule is C[C@@H](NC(=O)c1ccc2c(-c3ccc(C(F)(F)F)cc3)cccc2c1)c1cccc(N(C)C)n1. The van der Waals surface area contributed by atoms with Gasteiger partial charge >= 0.3 is 6.18 Å². The van der Waals surface area contributed by atoms with E-state index < -0.39 is 11.7 Å². The van der Waals surface area contributed by atoms with Crippen LogP contribution in [0.15, 0.2) is 78.9 Å². The minimum absolute atomic E-state index is 0.230. The summed E-state index contributed by atoms with van der Waals surface area (Å²) in [6, 6.07) is 21.4. The van der Waals surface area contributed by atoms with Crippen LogP contribution >= 0.6 is 0 Å². The van der Waals surface area contributed by atoms with Gasteiger partial charge in [-0.1, -0.05) is 42.5 Å². The summed E-state index contributed by atoms with van der Waals surface area (Å²) in [5.74, 6) is 0.575. The van der Waals surface area contributed by atoms with Gasteiger partial charge in [-0.05, 0) is 65.2 Å². The summed E-state index contributed by atoms with van der Waals surface area (Å²) in [7, 11) is 3.81. The molecule has 1 N–H and O–H groups in total. The number of pyridine rings is 1. The Morgan fingerprint density at radius 1 is 0.941 bits per heavy atom. The number of rotatable bonds is 5. The van der Waals surface area contributed by atoms with Crippen molar-refractivity contribution in [3.8, 4) is 11.1 Å². The van der Waals surface area contributed by atoms with Gasteiger partial charge in [0.15, 0.2) is 0 Å². The van der Waals surface area contributed by atoms with E-state index in [1.54, 1.807) is 12.1 Å². The molecule has 0 spiro atoms. The van der Waals surface area contributed by atoms with Gasteiger partial charge < -0.3 is 10.2 Å².